The Labute approximate surface area is 67.6 Å². The van der Waals surface area contributed by atoms with E-state index in [-0.39, 0.29) is 17.8 Å². The van der Waals surface area contributed by atoms with Crippen molar-refractivity contribution in [2.75, 3.05) is 6.61 Å². The van der Waals surface area contributed by atoms with Crippen LogP contribution in [0, 0.1) is 5.92 Å². The van der Waals surface area contributed by atoms with Crippen molar-refractivity contribution in [1.29, 1.82) is 0 Å². The fraction of sp³-hybridized carbons (Fsp3) is 1.00. The summed E-state index contributed by atoms with van der Waals surface area (Å²) < 4.78 is 5.83. The molecule has 1 heterocycles. The molecule has 0 amide bonds. The molecule has 2 bridgehead atoms. The molecule has 2 fully saturated rings. The first-order valence-corrected chi connectivity index (χ1v) is 4.39. The van der Waals surface area contributed by atoms with E-state index >= 15 is 0 Å². The van der Waals surface area contributed by atoms with Gasteiger partial charge in [0.2, 0.25) is 0 Å². The van der Waals surface area contributed by atoms with Crippen LogP contribution in [0.5, 0.6) is 0 Å². The van der Waals surface area contributed by atoms with Crippen LogP contribution in [0.1, 0.15) is 33.1 Å². The zero-order chi connectivity index (χ0) is 8.11. The number of aliphatic hydroxyl groups excluding tert-OH is 1. The Balaban J connectivity index is 2.21. The molecule has 2 nitrogen and oxygen atoms in total. The lowest BCUT2D eigenvalue weighted by Gasteiger charge is -2.34. The van der Waals surface area contributed by atoms with E-state index in [1.54, 1.807) is 0 Å². The van der Waals surface area contributed by atoms with Crippen LogP contribution in [0.4, 0.5) is 0 Å². The third-order valence-electron chi connectivity index (χ3n) is 3.32. The second kappa shape index (κ2) is 1.99. The predicted octanol–water partition coefficient (Wildman–Crippen LogP) is 1.33. The average molecular weight is 156 g/mol. The molecule has 2 rings (SSSR count). The smallest absolute Gasteiger partial charge is 0.0923 e. The van der Waals surface area contributed by atoms with E-state index in [4.69, 9.17) is 9.84 Å². The summed E-state index contributed by atoms with van der Waals surface area (Å²) in [7, 11) is 0. The lowest BCUT2D eigenvalue weighted by Crippen LogP contribution is -2.39. The standard InChI is InChI=1S/C9H16O2/c1-8(2)7-3-4-9(5-7,6-10)11-8/h7,10H,3-6H2,1-2H3. The Morgan fingerprint density at radius 1 is 1.55 bits per heavy atom. The number of hydrogen-bond acceptors (Lipinski definition) is 2. The molecule has 2 heteroatoms. The molecular weight excluding hydrogens is 140 g/mol. The summed E-state index contributed by atoms with van der Waals surface area (Å²) in [6, 6.07) is 0. The van der Waals surface area contributed by atoms with Gasteiger partial charge in [-0.2, -0.15) is 0 Å². The molecule has 0 aromatic heterocycles. The number of rotatable bonds is 1. The van der Waals surface area contributed by atoms with Gasteiger partial charge >= 0.3 is 0 Å². The molecule has 0 aromatic carbocycles. The normalized spacial score (nSPS) is 46.6. The highest BCUT2D eigenvalue weighted by atomic mass is 16.5. The van der Waals surface area contributed by atoms with E-state index in [1.165, 1.54) is 6.42 Å². The fourth-order valence-corrected chi connectivity index (χ4v) is 2.59. The van der Waals surface area contributed by atoms with Crippen LogP contribution in [-0.4, -0.2) is 22.9 Å². The molecule has 0 aromatic rings. The molecule has 1 N–H and O–H groups in total. The van der Waals surface area contributed by atoms with E-state index in [9.17, 15) is 0 Å². The zero-order valence-electron chi connectivity index (χ0n) is 7.26. The van der Waals surface area contributed by atoms with Crippen LogP contribution < -0.4 is 0 Å². The minimum Gasteiger partial charge on any atom is -0.393 e. The maximum absolute atomic E-state index is 9.15. The maximum Gasteiger partial charge on any atom is 0.0923 e. The van der Waals surface area contributed by atoms with Gasteiger partial charge < -0.3 is 9.84 Å². The molecule has 2 unspecified atom stereocenters. The molecule has 0 radical (unpaired) electrons. The lowest BCUT2D eigenvalue weighted by molar-refractivity contribution is -0.138. The predicted molar refractivity (Wildman–Crippen MR) is 42.3 cm³/mol. The summed E-state index contributed by atoms with van der Waals surface area (Å²) in [6.07, 6.45) is 3.35. The number of hydrogen-bond donors (Lipinski definition) is 1. The molecule has 1 aliphatic heterocycles. The SMILES string of the molecule is CC1(C)OC2(CO)CCC1C2. The summed E-state index contributed by atoms with van der Waals surface area (Å²) in [5.74, 6) is 0.676. The van der Waals surface area contributed by atoms with Gasteiger partial charge in [0.1, 0.15) is 0 Å². The van der Waals surface area contributed by atoms with E-state index in [0.29, 0.717) is 5.92 Å². The van der Waals surface area contributed by atoms with Crippen LogP contribution >= 0.6 is 0 Å². The largest absolute Gasteiger partial charge is 0.393 e. The van der Waals surface area contributed by atoms with E-state index in [2.05, 4.69) is 13.8 Å². The molecule has 11 heavy (non-hydrogen) atoms. The summed E-state index contributed by atoms with van der Waals surface area (Å²) >= 11 is 0. The fourth-order valence-electron chi connectivity index (χ4n) is 2.59. The van der Waals surface area contributed by atoms with Crippen molar-refractivity contribution >= 4 is 0 Å². The van der Waals surface area contributed by atoms with Gasteiger partial charge in [-0.05, 0) is 39.0 Å². The van der Waals surface area contributed by atoms with Gasteiger partial charge in [-0.3, -0.25) is 0 Å². The van der Waals surface area contributed by atoms with Crippen LogP contribution in [0.15, 0.2) is 0 Å². The van der Waals surface area contributed by atoms with Crippen LogP contribution in [0.2, 0.25) is 0 Å². The lowest BCUT2D eigenvalue weighted by atomic mass is 9.91. The highest BCUT2D eigenvalue weighted by molar-refractivity contribution is 5.04. The zero-order valence-corrected chi connectivity index (χ0v) is 7.26. The molecule has 1 saturated heterocycles. The summed E-state index contributed by atoms with van der Waals surface area (Å²) in [4.78, 5) is 0. The van der Waals surface area contributed by atoms with Crippen molar-refractivity contribution in [3.05, 3.63) is 0 Å². The third-order valence-corrected chi connectivity index (χ3v) is 3.32. The van der Waals surface area contributed by atoms with Crippen LogP contribution in [0.3, 0.4) is 0 Å². The minimum absolute atomic E-state index is 0.0149. The van der Waals surface area contributed by atoms with Crippen molar-refractivity contribution in [2.24, 2.45) is 5.92 Å². The Morgan fingerprint density at radius 3 is 2.55 bits per heavy atom. The average Bonchev–Trinajstić information content (AvgIpc) is 2.42. The quantitative estimate of drug-likeness (QED) is 0.620. The molecule has 1 aliphatic carbocycles. The molecule has 64 valence electrons. The van der Waals surface area contributed by atoms with Gasteiger partial charge in [-0.1, -0.05) is 0 Å². The summed E-state index contributed by atoms with van der Waals surface area (Å²) in [5, 5.41) is 9.15. The van der Waals surface area contributed by atoms with Gasteiger partial charge in [0.05, 0.1) is 17.8 Å². The van der Waals surface area contributed by atoms with E-state index < -0.39 is 0 Å². The first-order valence-electron chi connectivity index (χ1n) is 4.39. The van der Waals surface area contributed by atoms with Gasteiger partial charge in [-0.25, -0.2) is 0 Å². The Hall–Kier alpha value is -0.0800. The van der Waals surface area contributed by atoms with Crippen molar-refractivity contribution < 1.29 is 9.84 Å². The number of ether oxygens (including phenoxy) is 1. The highest BCUT2D eigenvalue weighted by Crippen LogP contribution is 2.52. The van der Waals surface area contributed by atoms with Crippen LogP contribution in [-0.2, 0) is 4.74 Å². The first-order chi connectivity index (χ1) is 5.08. The van der Waals surface area contributed by atoms with Crippen molar-refractivity contribution in [3.8, 4) is 0 Å². The topological polar surface area (TPSA) is 29.5 Å². The van der Waals surface area contributed by atoms with Gasteiger partial charge in [0.15, 0.2) is 0 Å². The molecule has 0 spiro atoms. The Morgan fingerprint density at radius 2 is 2.27 bits per heavy atom. The molecule has 2 atom stereocenters. The maximum atomic E-state index is 9.15. The molecular formula is C9H16O2. The second-order valence-electron chi connectivity index (χ2n) is 4.49. The number of aliphatic hydroxyl groups is 1. The minimum atomic E-state index is -0.159. The molecule has 1 saturated carbocycles. The van der Waals surface area contributed by atoms with Crippen molar-refractivity contribution in [3.63, 3.8) is 0 Å². The second-order valence-corrected chi connectivity index (χ2v) is 4.49. The highest BCUT2D eigenvalue weighted by Gasteiger charge is 2.55. The monoisotopic (exact) mass is 156 g/mol. The third kappa shape index (κ3) is 0.926. The van der Waals surface area contributed by atoms with E-state index in [0.717, 1.165) is 12.8 Å². The van der Waals surface area contributed by atoms with E-state index in [1.807, 2.05) is 0 Å². The van der Waals surface area contributed by atoms with Gasteiger partial charge in [0, 0.05) is 0 Å². The van der Waals surface area contributed by atoms with Crippen molar-refractivity contribution in [2.45, 2.75) is 44.3 Å². The van der Waals surface area contributed by atoms with Gasteiger partial charge in [-0.15, -0.1) is 0 Å². The van der Waals surface area contributed by atoms with Crippen LogP contribution in [0.25, 0.3) is 0 Å². The van der Waals surface area contributed by atoms with Gasteiger partial charge in [0.25, 0.3) is 0 Å². The first kappa shape index (κ1) is 7.56. The Bertz CT molecular complexity index is 176. The summed E-state index contributed by atoms with van der Waals surface area (Å²) in [5.41, 5.74) is -0.144. The molecule has 2 aliphatic rings. The summed E-state index contributed by atoms with van der Waals surface area (Å²) in [6.45, 7) is 4.47. The van der Waals surface area contributed by atoms with Crippen molar-refractivity contribution in [1.82, 2.24) is 0 Å². The Kier molecular flexibility index (Phi) is 1.37. The number of fused-ring (bicyclic) bond motifs is 2.